The van der Waals surface area contributed by atoms with Gasteiger partial charge in [-0.2, -0.15) is 11.8 Å². The van der Waals surface area contributed by atoms with Crippen LogP contribution in [-0.4, -0.2) is 35.9 Å². The van der Waals surface area contributed by atoms with Crippen molar-refractivity contribution < 1.29 is 4.79 Å². The highest BCUT2D eigenvalue weighted by atomic mass is 32.2. The third kappa shape index (κ3) is 3.03. The van der Waals surface area contributed by atoms with Crippen LogP contribution in [0.5, 0.6) is 0 Å². The number of fused-ring (bicyclic) bond motifs is 1. The zero-order valence-corrected chi connectivity index (χ0v) is 11.1. The van der Waals surface area contributed by atoms with Gasteiger partial charge in [-0.15, -0.1) is 0 Å². The Morgan fingerprint density at radius 1 is 1.35 bits per heavy atom. The molecule has 0 unspecified atom stereocenters. The maximum absolute atomic E-state index is 12.4. The molecule has 2 nitrogen and oxygen atoms in total. The van der Waals surface area contributed by atoms with Crippen molar-refractivity contribution in [3.63, 3.8) is 0 Å². The number of nitrogens with zero attached hydrogens (tertiary/aromatic N) is 1. The summed E-state index contributed by atoms with van der Waals surface area (Å²) in [6.45, 7) is 1.80. The van der Waals surface area contributed by atoms with Crippen molar-refractivity contribution in [2.75, 3.05) is 25.1 Å². The molecule has 0 atom stereocenters. The smallest absolute Gasteiger partial charge is 0.254 e. The van der Waals surface area contributed by atoms with Crippen molar-refractivity contribution in [3.8, 4) is 0 Å². The van der Waals surface area contributed by atoms with Crippen LogP contribution in [0.15, 0.2) is 24.3 Å². The van der Waals surface area contributed by atoms with Gasteiger partial charge in [0.1, 0.15) is 0 Å². The largest absolute Gasteiger partial charge is 0.339 e. The molecule has 92 valence electrons. The minimum absolute atomic E-state index is 0.221. The predicted molar refractivity (Wildman–Crippen MR) is 73.7 cm³/mol. The molecule has 0 radical (unpaired) electrons. The summed E-state index contributed by atoms with van der Waals surface area (Å²) >= 11 is 1.84. The molecule has 1 aromatic rings. The van der Waals surface area contributed by atoms with E-state index in [1.807, 2.05) is 34.9 Å². The van der Waals surface area contributed by atoms with Crippen LogP contribution in [0.25, 0.3) is 0 Å². The molecule has 0 N–H and O–H groups in total. The van der Waals surface area contributed by atoms with E-state index in [0.29, 0.717) is 0 Å². The van der Waals surface area contributed by atoms with Crippen molar-refractivity contribution in [1.82, 2.24) is 4.90 Å². The zero-order valence-electron chi connectivity index (χ0n) is 10.3. The van der Waals surface area contributed by atoms with Gasteiger partial charge in [-0.1, -0.05) is 18.2 Å². The summed E-state index contributed by atoms with van der Waals surface area (Å²) in [6.07, 6.45) is 5.32. The van der Waals surface area contributed by atoms with Crippen molar-refractivity contribution in [2.45, 2.75) is 19.3 Å². The highest BCUT2D eigenvalue weighted by molar-refractivity contribution is 7.98. The fourth-order valence-corrected chi connectivity index (χ4v) is 2.71. The lowest BCUT2D eigenvalue weighted by Crippen LogP contribution is -2.32. The average Bonchev–Trinajstić information content (AvgIpc) is 2.51. The second kappa shape index (κ2) is 6.10. The summed E-state index contributed by atoms with van der Waals surface area (Å²) < 4.78 is 0. The number of rotatable bonds is 4. The number of hydrogen-bond acceptors (Lipinski definition) is 2. The van der Waals surface area contributed by atoms with Crippen LogP contribution in [0.4, 0.5) is 0 Å². The Morgan fingerprint density at radius 3 is 3.00 bits per heavy atom. The van der Waals surface area contributed by atoms with Gasteiger partial charge < -0.3 is 4.90 Å². The van der Waals surface area contributed by atoms with E-state index in [1.54, 1.807) is 0 Å². The molecule has 0 spiro atoms. The third-order valence-electron chi connectivity index (χ3n) is 3.19. The molecule has 0 bridgehead atoms. The highest BCUT2D eigenvalue weighted by Crippen LogP contribution is 2.18. The van der Waals surface area contributed by atoms with Gasteiger partial charge in [-0.3, -0.25) is 4.79 Å². The first-order valence-corrected chi connectivity index (χ1v) is 7.58. The molecule has 1 amide bonds. The first-order chi connectivity index (χ1) is 8.33. The van der Waals surface area contributed by atoms with E-state index in [1.165, 1.54) is 5.56 Å². The van der Waals surface area contributed by atoms with Gasteiger partial charge in [0.25, 0.3) is 5.91 Å². The Hall–Kier alpha value is -0.960. The van der Waals surface area contributed by atoms with E-state index in [2.05, 4.69) is 12.3 Å². The Bertz CT molecular complexity index is 392. The average molecular weight is 249 g/mol. The molecule has 1 heterocycles. The fraction of sp³-hybridized carbons (Fsp3) is 0.500. The molecule has 1 aliphatic heterocycles. The van der Waals surface area contributed by atoms with Gasteiger partial charge in [-0.05, 0) is 42.9 Å². The third-order valence-corrected chi connectivity index (χ3v) is 3.88. The van der Waals surface area contributed by atoms with Crippen molar-refractivity contribution in [1.29, 1.82) is 0 Å². The number of amides is 1. The second-order valence-electron chi connectivity index (χ2n) is 4.40. The Balaban J connectivity index is 2.09. The van der Waals surface area contributed by atoms with Crippen LogP contribution in [0.3, 0.4) is 0 Å². The fourth-order valence-electron chi connectivity index (χ4n) is 2.29. The first-order valence-electron chi connectivity index (χ1n) is 6.19. The predicted octanol–water partition coefficient (Wildman–Crippen LogP) is 2.83. The maximum atomic E-state index is 12.4. The highest BCUT2D eigenvalue weighted by Gasteiger charge is 2.21. The molecular weight excluding hydrogens is 230 g/mol. The van der Waals surface area contributed by atoms with E-state index < -0.39 is 0 Å². The first kappa shape index (κ1) is 12.5. The number of carbonyl (C=O) groups is 1. The molecule has 0 aromatic heterocycles. The number of carbonyl (C=O) groups excluding carboxylic acids is 1. The van der Waals surface area contributed by atoms with Crippen LogP contribution in [0, 0.1) is 0 Å². The van der Waals surface area contributed by atoms with Crippen molar-refractivity contribution in [2.24, 2.45) is 0 Å². The molecule has 0 fully saturated rings. The molecule has 0 aliphatic carbocycles. The molecule has 1 aliphatic rings. The van der Waals surface area contributed by atoms with Gasteiger partial charge in [0.05, 0.1) is 0 Å². The van der Waals surface area contributed by atoms with E-state index in [9.17, 15) is 4.79 Å². The maximum Gasteiger partial charge on any atom is 0.254 e. The molecule has 0 saturated heterocycles. The topological polar surface area (TPSA) is 20.3 Å². The van der Waals surface area contributed by atoms with E-state index in [4.69, 9.17) is 0 Å². The summed E-state index contributed by atoms with van der Waals surface area (Å²) in [5.74, 6) is 1.35. The summed E-state index contributed by atoms with van der Waals surface area (Å²) in [5, 5.41) is 0. The summed E-state index contributed by atoms with van der Waals surface area (Å²) in [4.78, 5) is 14.4. The quantitative estimate of drug-likeness (QED) is 0.765. The van der Waals surface area contributed by atoms with E-state index in [-0.39, 0.29) is 5.91 Å². The van der Waals surface area contributed by atoms with Crippen LogP contribution in [-0.2, 0) is 6.42 Å². The van der Waals surface area contributed by atoms with Gasteiger partial charge in [0, 0.05) is 18.7 Å². The lowest BCUT2D eigenvalue weighted by atomic mass is 10.0. The summed E-state index contributed by atoms with van der Waals surface area (Å²) in [5.41, 5.74) is 2.12. The summed E-state index contributed by atoms with van der Waals surface area (Å²) in [7, 11) is 0. The molecule has 3 heteroatoms. The minimum Gasteiger partial charge on any atom is -0.339 e. The number of thioether (sulfide) groups is 1. The normalized spacial score (nSPS) is 15.6. The molecule has 2 rings (SSSR count). The molecule has 0 saturated carbocycles. The van der Waals surface area contributed by atoms with E-state index in [0.717, 1.165) is 43.7 Å². The van der Waals surface area contributed by atoms with Crippen molar-refractivity contribution in [3.05, 3.63) is 35.4 Å². The van der Waals surface area contributed by atoms with Crippen LogP contribution in [0.2, 0.25) is 0 Å². The molecular formula is C14H19NOS. The standard InChI is InChI=1S/C14H19NOS/c1-17-11-5-10-15-9-4-7-12-6-2-3-8-13(12)14(15)16/h2-3,6,8H,4-5,7,9-11H2,1H3. The number of aryl methyl sites for hydroxylation is 1. The molecule has 1 aromatic carbocycles. The second-order valence-corrected chi connectivity index (χ2v) is 5.38. The summed E-state index contributed by atoms with van der Waals surface area (Å²) in [6, 6.07) is 8.03. The Labute approximate surface area is 107 Å². The van der Waals surface area contributed by atoms with Gasteiger partial charge >= 0.3 is 0 Å². The number of benzene rings is 1. The number of hydrogen-bond donors (Lipinski definition) is 0. The Morgan fingerprint density at radius 2 is 2.18 bits per heavy atom. The van der Waals surface area contributed by atoms with Gasteiger partial charge in [0.2, 0.25) is 0 Å². The van der Waals surface area contributed by atoms with Gasteiger partial charge in [0.15, 0.2) is 0 Å². The lowest BCUT2D eigenvalue weighted by Gasteiger charge is -2.20. The van der Waals surface area contributed by atoms with Crippen LogP contribution >= 0.6 is 11.8 Å². The minimum atomic E-state index is 0.221. The van der Waals surface area contributed by atoms with E-state index >= 15 is 0 Å². The van der Waals surface area contributed by atoms with Crippen LogP contribution in [0.1, 0.15) is 28.8 Å². The Kier molecular flexibility index (Phi) is 4.49. The zero-order chi connectivity index (χ0) is 12.1. The van der Waals surface area contributed by atoms with Gasteiger partial charge in [-0.25, -0.2) is 0 Å². The van der Waals surface area contributed by atoms with Crippen LogP contribution < -0.4 is 0 Å². The monoisotopic (exact) mass is 249 g/mol. The lowest BCUT2D eigenvalue weighted by molar-refractivity contribution is 0.0761. The SMILES string of the molecule is CSCCCN1CCCc2ccccc2C1=O. The van der Waals surface area contributed by atoms with Crippen molar-refractivity contribution >= 4 is 17.7 Å². The molecule has 17 heavy (non-hydrogen) atoms.